The number of halogens is 2. The van der Waals surface area contributed by atoms with Crippen molar-refractivity contribution in [1.29, 1.82) is 0 Å². The third kappa shape index (κ3) is 7.26. The van der Waals surface area contributed by atoms with Crippen LogP contribution in [0.4, 0.5) is 8.78 Å². The highest BCUT2D eigenvalue weighted by molar-refractivity contribution is 5.79. The van der Waals surface area contributed by atoms with Gasteiger partial charge in [0.25, 0.3) is 0 Å². The molecule has 0 radical (unpaired) electrons. The molecule has 0 bridgehead atoms. The first-order valence-electron chi connectivity index (χ1n) is 9.97. The van der Waals surface area contributed by atoms with E-state index in [4.69, 9.17) is 4.74 Å². The van der Waals surface area contributed by atoms with Crippen LogP contribution in [0.15, 0.2) is 29.3 Å². The maximum atomic E-state index is 12.4. The van der Waals surface area contributed by atoms with Crippen molar-refractivity contribution >= 4 is 5.96 Å². The Kier molecular flexibility index (Phi) is 8.48. The lowest BCUT2D eigenvalue weighted by Crippen LogP contribution is -2.47. The summed E-state index contributed by atoms with van der Waals surface area (Å²) in [6.07, 6.45) is 2.41. The van der Waals surface area contributed by atoms with E-state index >= 15 is 0 Å². The molecule has 2 N–H and O–H groups in total. The average Bonchev–Trinajstić information content (AvgIpc) is 2.63. The van der Waals surface area contributed by atoms with Gasteiger partial charge in [0.15, 0.2) is 5.96 Å². The van der Waals surface area contributed by atoms with Crippen molar-refractivity contribution in [3.63, 3.8) is 0 Å². The fourth-order valence-electron chi connectivity index (χ4n) is 3.57. The van der Waals surface area contributed by atoms with Crippen LogP contribution in [0.1, 0.15) is 46.1 Å². The van der Waals surface area contributed by atoms with Crippen LogP contribution < -0.4 is 15.4 Å². The topological polar surface area (TPSA) is 54.9 Å². The van der Waals surface area contributed by atoms with Gasteiger partial charge in [0.2, 0.25) is 0 Å². The minimum Gasteiger partial charge on any atom is -0.435 e. The van der Waals surface area contributed by atoms with Crippen LogP contribution in [0.5, 0.6) is 5.75 Å². The van der Waals surface area contributed by atoms with Crippen LogP contribution in [0.2, 0.25) is 0 Å². The first-order valence-corrected chi connectivity index (χ1v) is 9.97. The quantitative estimate of drug-likeness (QED) is 0.535. The summed E-state index contributed by atoms with van der Waals surface area (Å²) in [5.41, 5.74) is 0.900. The molecule has 28 heavy (non-hydrogen) atoms. The maximum absolute atomic E-state index is 12.4. The van der Waals surface area contributed by atoms with E-state index in [1.807, 2.05) is 13.0 Å². The van der Waals surface area contributed by atoms with E-state index in [1.165, 1.54) is 6.07 Å². The Morgan fingerprint density at radius 2 is 2.11 bits per heavy atom. The summed E-state index contributed by atoms with van der Waals surface area (Å²) in [4.78, 5) is 4.59. The van der Waals surface area contributed by atoms with Crippen molar-refractivity contribution in [2.75, 3.05) is 19.7 Å². The second-order valence-corrected chi connectivity index (χ2v) is 8.16. The summed E-state index contributed by atoms with van der Waals surface area (Å²) >= 11 is 0. The van der Waals surface area contributed by atoms with Crippen molar-refractivity contribution in [3.8, 4) is 5.75 Å². The predicted octanol–water partition coefficient (Wildman–Crippen LogP) is 4.18. The molecule has 0 spiro atoms. The minimum atomic E-state index is -2.83. The molecule has 158 valence electrons. The molecular formula is C21H33F2N3O2. The highest BCUT2D eigenvalue weighted by Gasteiger charge is 2.35. The highest BCUT2D eigenvalue weighted by atomic mass is 19.3. The van der Waals surface area contributed by atoms with Gasteiger partial charge < -0.3 is 20.1 Å². The van der Waals surface area contributed by atoms with Crippen molar-refractivity contribution < 1.29 is 18.3 Å². The van der Waals surface area contributed by atoms with E-state index in [-0.39, 0.29) is 17.3 Å². The maximum Gasteiger partial charge on any atom is 0.387 e. The fraction of sp³-hybridized carbons (Fsp3) is 0.667. The van der Waals surface area contributed by atoms with Crippen LogP contribution in [0.3, 0.4) is 0 Å². The van der Waals surface area contributed by atoms with Crippen molar-refractivity contribution in [2.24, 2.45) is 16.3 Å². The van der Waals surface area contributed by atoms with Crippen molar-refractivity contribution in [2.45, 2.75) is 59.8 Å². The Labute approximate surface area is 166 Å². The molecule has 2 rings (SSSR count). The molecule has 1 saturated heterocycles. The third-order valence-corrected chi connectivity index (χ3v) is 4.72. The molecule has 0 aromatic heterocycles. The smallest absolute Gasteiger partial charge is 0.387 e. The van der Waals surface area contributed by atoms with Crippen LogP contribution in [0.25, 0.3) is 0 Å². The number of alkyl halides is 2. The number of guanidine groups is 1. The van der Waals surface area contributed by atoms with Gasteiger partial charge in [0.1, 0.15) is 5.75 Å². The molecule has 1 fully saturated rings. The average molecular weight is 398 g/mol. The van der Waals surface area contributed by atoms with Crippen molar-refractivity contribution in [3.05, 3.63) is 29.8 Å². The van der Waals surface area contributed by atoms with Gasteiger partial charge >= 0.3 is 6.61 Å². The van der Waals surface area contributed by atoms with Crippen molar-refractivity contribution in [1.82, 2.24) is 10.6 Å². The van der Waals surface area contributed by atoms with Crippen LogP contribution in [0, 0.1) is 11.3 Å². The summed E-state index contributed by atoms with van der Waals surface area (Å²) < 4.78 is 35.3. The molecule has 2 unspecified atom stereocenters. The Bertz CT molecular complexity index is 632. The minimum absolute atomic E-state index is 0.0907. The van der Waals surface area contributed by atoms with Gasteiger partial charge in [0, 0.05) is 25.6 Å². The highest BCUT2D eigenvalue weighted by Crippen LogP contribution is 2.33. The lowest BCUT2D eigenvalue weighted by molar-refractivity contribution is -0.0835. The molecule has 5 nitrogen and oxygen atoms in total. The fourth-order valence-corrected chi connectivity index (χ4v) is 3.57. The summed E-state index contributed by atoms with van der Waals surface area (Å²) in [5, 5.41) is 6.66. The molecule has 1 heterocycles. The zero-order chi connectivity index (χ0) is 20.6. The zero-order valence-corrected chi connectivity index (χ0v) is 17.3. The van der Waals surface area contributed by atoms with Gasteiger partial charge in [-0.1, -0.05) is 32.9 Å². The number of hydrogen-bond donors (Lipinski definition) is 2. The SMILES string of the molecule is CCNC(=NCc1cccc(OC(F)F)c1)NCC1CCCOC1C(C)(C)C. The molecular weight excluding hydrogens is 364 g/mol. The summed E-state index contributed by atoms with van der Waals surface area (Å²) in [5.74, 6) is 1.27. The molecule has 2 atom stereocenters. The zero-order valence-electron chi connectivity index (χ0n) is 17.3. The number of hydrogen-bond acceptors (Lipinski definition) is 3. The van der Waals surface area contributed by atoms with Gasteiger partial charge in [-0.05, 0) is 42.9 Å². The lowest BCUT2D eigenvalue weighted by atomic mass is 9.78. The van der Waals surface area contributed by atoms with E-state index in [2.05, 4.69) is 41.1 Å². The van der Waals surface area contributed by atoms with Gasteiger partial charge in [-0.2, -0.15) is 8.78 Å². The lowest BCUT2D eigenvalue weighted by Gasteiger charge is -2.40. The Morgan fingerprint density at radius 1 is 1.32 bits per heavy atom. The second-order valence-electron chi connectivity index (χ2n) is 8.16. The summed E-state index contributed by atoms with van der Waals surface area (Å²) in [6, 6.07) is 6.63. The number of aliphatic imine (C=N–C) groups is 1. The number of benzene rings is 1. The Morgan fingerprint density at radius 3 is 2.79 bits per heavy atom. The Hall–Kier alpha value is -1.89. The van der Waals surface area contributed by atoms with Gasteiger partial charge in [-0.3, -0.25) is 0 Å². The summed E-state index contributed by atoms with van der Waals surface area (Å²) in [7, 11) is 0. The molecule has 0 amide bonds. The van der Waals surface area contributed by atoms with Gasteiger partial charge in [-0.15, -0.1) is 0 Å². The predicted molar refractivity (Wildman–Crippen MR) is 108 cm³/mol. The second kappa shape index (κ2) is 10.6. The molecule has 1 aromatic rings. The summed E-state index contributed by atoms with van der Waals surface area (Å²) in [6.45, 7) is 8.54. The molecule has 7 heteroatoms. The molecule has 1 aromatic carbocycles. The molecule has 0 saturated carbocycles. The van der Waals surface area contributed by atoms with E-state index in [0.29, 0.717) is 18.4 Å². The van der Waals surface area contributed by atoms with Crippen LogP contribution >= 0.6 is 0 Å². The standard InChI is InChI=1S/C21H33F2N3O2/c1-5-24-20(25-13-15-8-6-10-17(12-15)28-19(22)23)26-14-16-9-7-11-27-18(16)21(2,3)4/h6,8,10,12,16,18-19H,5,7,9,11,13-14H2,1-4H3,(H2,24,25,26). The van der Waals surface area contributed by atoms with E-state index in [0.717, 1.165) is 38.1 Å². The monoisotopic (exact) mass is 397 g/mol. The van der Waals surface area contributed by atoms with Gasteiger partial charge in [0.05, 0.1) is 12.6 Å². The van der Waals surface area contributed by atoms with E-state index in [9.17, 15) is 8.78 Å². The third-order valence-electron chi connectivity index (χ3n) is 4.72. The van der Waals surface area contributed by atoms with Gasteiger partial charge in [-0.25, -0.2) is 4.99 Å². The number of nitrogens with one attached hydrogen (secondary N) is 2. The molecule has 1 aliphatic rings. The number of ether oxygens (including phenoxy) is 2. The normalized spacial score (nSPS) is 20.9. The largest absolute Gasteiger partial charge is 0.435 e. The van der Waals surface area contributed by atoms with Crippen LogP contribution in [-0.4, -0.2) is 38.4 Å². The van der Waals surface area contributed by atoms with E-state index in [1.54, 1.807) is 12.1 Å². The van der Waals surface area contributed by atoms with E-state index < -0.39 is 6.61 Å². The molecule has 1 aliphatic heterocycles. The number of nitrogens with zero attached hydrogens (tertiary/aromatic N) is 1. The first-order chi connectivity index (χ1) is 13.3. The first kappa shape index (κ1) is 22.4. The van der Waals surface area contributed by atoms with Crippen LogP contribution in [-0.2, 0) is 11.3 Å². The molecule has 0 aliphatic carbocycles. The number of rotatable bonds is 7. The Balaban J connectivity index is 1.98.